The Kier molecular flexibility index (Phi) is 7.98. The van der Waals surface area contributed by atoms with Crippen molar-refractivity contribution in [3.63, 3.8) is 0 Å². The van der Waals surface area contributed by atoms with Gasteiger partial charge < -0.3 is 10.1 Å². The molecule has 0 aliphatic heterocycles. The summed E-state index contributed by atoms with van der Waals surface area (Å²) in [5.41, 5.74) is 3.31. The zero-order valence-corrected chi connectivity index (χ0v) is 23.2. The smallest absolute Gasteiger partial charge is 0.267 e. The second-order valence-electron chi connectivity index (χ2n) is 8.11. The highest BCUT2D eigenvalue weighted by Gasteiger charge is 2.20. The fraction of sp³-hybridized carbons (Fsp3) is 0.269. The van der Waals surface area contributed by atoms with E-state index in [1.165, 1.54) is 16.6 Å². The number of thiophene rings is 1. The number of halogens is 1. The molecule has 9 heteroatoms. The minimum absolute atomic E-state index is 0.120. The summed E-state index contributed by atoms with van der Waals surface area (Å²) < 4.78 is 7.86. The zero-order valence-electron chi connectivity index (χ0n) is 20.0. The van der Waals surface area contributed by atoms with Crippen molar-refractivity contribution >= 4 is 60.8 Å². The molecule has 0 bridgehead atoms. The van der Waals surface area contributed by atoms with Crippen molar-refractivity contribution in [3.05, 3.63) is 73.3 Å². The Balaban J connectivity index is 1.70. The number of rotatable bonds is 8. The molecule has 6 nitrogen and oxygen atoms in total. The number of amides is 1. The van der Waals surface area contributed by atoms with Gasteiger partial charge in [0.25, 0.3) is 5.56 Å². The molecule has 182 valence electrons. The van der Waals surface area contributed by atoms with E-state index >= 15 is 0 Å². The van der Waals surface area contributed by atoms with E-state index in [0.29, 0.717) is 26.8 Å². The third kappa shape index (κ3) is 5.47. The third-order valence-electron chi connectivity index (χ3n) is 5.61. The molecule has 4 rings (SSSR count). The molecule has 0 saturated heterocycles. The highest BCUT2D eigenvalue weighted by molar-refractivity contribution is 9.10. The van der Waals surface area contributed by atoms with Crippen LogP contribution in [0.1, 0.15) is 29.3 Å². The number of aryl methyl sites for hydroxylation is 3. The summed E-state index contributed by atoms with van der Waals surface area (Å²) in [4.78, 5) is 33.2. The normalized spacial score (nSPS) is 11.1. The van der Waals surface area contributed by atoms with E-state index in [0.717, 1.165) is 34.1 Å². The zero-order chi connectivity index (χ0) is 25.1. The van der Waals surface area contributed by atoms with Crippen LogP contribution in [0.4, 0.5) is 5.69 Å². The van der Waals surface area contributed by atoms with Crippen molar-refractivity contribution in [3.8, 4) is 11.4 Å². The number of benzene rings is 2. The Hall–Kier alpha value is -2.62. The maximum absolute atomic E-state index is 13.7. The lowest BCUT2D eigenvalue weighted by atomic mass is 10.1. The van der Waals surface area contributed by atoms with Gasteiger partial charge in [-0.2, -0.15) is 0 Å². The molecule has 0 radical (unpaired) electrons. The molecular formula is C26H26BrN3O3S2. The van der Waals surface area contributed by atoms with Gasteiger partial charge in [0.2, 0.25) is 5.91 Å². The molecule has 0 atom stereocenters. The maximum atomic E-state index is 13.7. The number of nitrogens with zero attached hydrogens (tertiary/aromatic N) is 2. The molecular weight excluding hydrogens is 546 g/mol. The Bertz CT molecular complexity index is 1450. The van der Waals surface area contributed by atoms with Crippen molar-refractivity contribution in [1.29, 1.82) is 0 Å². The average molecular weight is 573 g/mol. The van der Waals surface area contributed by atoms with E-state index in [1.54, 1.807) is 23.0 Å². The summed E-state index contributed by atoms with van der Waals surface area (Å²) in [6.07, 6.45) is 1.91. The monoisotopic (exact) mass is 571 g/mol. The van der Waals surface area contributed by atoms with Crippen LogP contribution in [-0.4, -0.2) is 28.3 Å². The summed E-state index contributed by atoms with van der Waals surface area (Å²) in [5, 5.41) is 4.06. The van der Waals surface area contributed by atoms with E-state index in [1.807, 2.05) is 56.3 Å². The minimum Gasteiger partial charge on any atom is -0.497 e. The molecule has 2 heterocycles. The number of hydrogen-bond donors (Lipinski definition) is 1. The third-order valence-corrected chi connectivity index (χ3v) is 8.69. The standard InChI is InChI=1S/C26H26BrN3O3S2/c1-5-6-21-16(3)23-24(35-21)29-26(30(25(23)32)18-8-10-19(33-4)11-9-18)34-14-22(31)28-17-7-12-20(27)15(2)13-17/h7-13H,5-6,14H2,1-4H3,(H,28,31). The van der Waals surface area contributed by atoms with Gasteiger partial charge >= 0.3 is 0 Å². The van der Waals surface area contributed by atoms with Gasteiger partial charge in [0.05, 0.1) is 23.9 Å². The average Bonchev–Trinajstić information content (AvgIpc) is 3.16. The Labute approximate surface area is 220 Å². The maximum Gasteiger partial charge on any atom is 0.267 e. The molecule has 0 unspecified atom stereocenters. The molecule has 2 aromatic heterocycles. The lowest BCUT2D eigenvalue weighted by molar-refractivity contribution is -0.113. The molecule has 0 spiro atoms. The van der Waals surface area contributed by atoms with Gasteiger partial charge in [-0.15, -0.1) is 11.3 Å². The molecule has 0 saturated carbocycles. The molecule has 2 aromatic carbocycles. The van der Waals surface area contributed by atoms with Crippen LogP contribution in [0.15, 0.2) is 56.9 Å². The van der Waals surface area contributed by atoms with Gasteiger partial charge in [0.1, 0.15) is 10.6 Å². The number of fused-ring (bicyclic) bond motifs is 1. The molecule has 1 amide bonds. The van der Waals surface area contributed by atoms with Crippen LogP contribution in [0.5, 0.6) is 5.75 Å². The molecule has 0 aliphatic carbocycles. The van der Waals surface area contributed by atoms with Gasteiger partial charge in [-0.25, -0.2) is 4.98 Å². The number of nitrogens with one attached hydrogen (secondary N) is 1. The topological polar surface area (TPSA) is 73.2 Å². The van der Waals surface area contributed by atoms with Gasteiger partial charge in [-0.1, -0.05) is 41.0 Å². The number of anilines is 1. The summed E-state index contributed by atoms with van der Waals surface area (Å²) in [6, 6.07) is 12.9. The van der Waals surface area contributed by atoms with Crippen LogP contribution in [-0.2, 0) is 11.2 Å². The van der Waals surface area contributed by atoms with E-state index in [9.17, 15) is 9.59 Å². The number of carbonyl (C=O) groups excluding carboxylic acids is 1. The van der Waals surface area contributed by atoms with Crippen molar-refractivity contribution in [2.24, 2.45) is 0 Å². The Morgan fingerprint density at radius 3 is 2.60 bits per heavy atom. The lowest BCUT2D eigenvalue weighted by Crippen LogP contribution is -2.22. The van der Waals surface area contributed by atoms with Crippen molar-refractivity contribution in [2.45, 2.75) is 38.8 Å². The van der Waals surface area contributed by atoms with Crippen molar-refractivity contribution < 1.29 is 9.53 Å². The number of aromatic nitrogens is 2. The highest BCUT2D eigenvalue weighted by Crippen LogP contribution is 2.31. The fourth-order valence-electron chi connectivity index (χ4n) is 3.78. The summed E-state index contributed by atoms with van der Waals surface area (Å²) in [7, 11) is 1.60. The summed E-state index contributed by atoms with van der Waals surface area (Å²) >= 11 is 6.29. The molecule has 0 aliphatic rings. The van der Waals surface area contributed by atoms with Crippen LogP contribution in [0, 0.1) is 13.8 Å². The number of methoxy groups -OCH3 is 1. The van der Waals surface area contributed by atoms with Crippen LogP contribution >= 0.6 is 39.0 Å². The molecule has 0 fully saturated rings. The summed E-state index contributed by atoms with van der Waals surface area (Å²) in [5.74, 6) is 0.655. The number of hydrogen-bond acceptors (Lipinski definition) is 6. The predicted molar refractivity (Wildman–Crippen MR) is 149 cm³/mol. The first-order chi connectivity index (χ1) is 16.8. The van der Waals surface area contributed by atoms with Gasteiger partial charge in [0.15, 0.2) is 5.16 Å². The van der Waals surface area contributed by atoms with Gasteiger partial charge in [-0.3, -0.25) is 14.2 Å². The van der Waals surface area contributed by atoms with Crippen LogP contribution in [0.3, 0.4) is 0 Å². The first-order valence-corrected chi connectivity index (χ1v) is 13.8. The van der Waals surface area contributed by atoms with E-state index in [-0.39, 0.29) is 17.2 Å². The SMILES string of the molecule is CCCc1sc2nc(SCC(=O)Nc3ccc(Br)c(C)c3)n(-c3ccc(OC)cc3)c(=O)c2c1C. The minimum atomic E-state index is -0.165. The van der Waals surface area contributed by atoms with E-state index in [2.05, 4.69) is 28.2 Å². The second-order valence-corrected chi connectivity index (χ2v) is 11.0. The number of carbonyl (C=O) groups is 1. The van der Waals surface area contributed by atoms with Gasteiger partial charge in [0, 0.05) is 15.0 Å². The number of ether oxygens (including phenoxy) is 1. The molecule has 1 N–H and O–H groups in total. The van der Waals surface area contributed by atoms with Crippen LogP contribution in [0.2, 0.25) is 0 Å². The van der Waals surface area contributed by atoms with Crippen molar-refractivity contribution in [1.82, 2.24) is 9.55 Å². The fourth-order valence-corrected chi connectivity index (χ4v) is 6.16. The largest absolute Gasteiger partial charge is 0.497 e. The van der Waals surface area contributed by atoms with Gasteiger partial charge in [-0.05, 0) is 73.9 Å². The molecule has 35 heavy (non-hydrogen) atoms. The van der Waals surface area contributed by atoms with Crippen LogP contribution < -0.4 is 15.6 Å². The Morgan fingerprint density at radius 1 is 1.20 bits per heavy atom. The number of thioether (sulfide) groups is 1. The second kappa shape index (κ2) is 11.0. The van der Waals surface area contributed by atoms with E-state index in [4.69, 9.17) is 9.72 Å². The summed E-state index contributed by atoms with van der Waals surface area (Å²) in [6.45, 7) is 6.09. The quantitative estimate of drug-likeness (QED) is 0.192. The first kappa shape index (κ1) is 25.5. The van der Waals surface area contributed by atoms with Crippen molar-refractivity contribution in [2.75, 3.05) is 18.2 Å². The lowest BCUT2D eigenvalue weighted by Gasteiger charge is -2.13. The molecule has 4 aromatic rings. The Morgan fingerprint density at radius 2 is 1.94 bits per heavy atom. The predicted octanol–water partition coefficient (Wildman–Crippen LogP) is 6.52. The van der Waals surface area contributed by atoms with Crippen LogP contribution in [0.25, 0.3) is 15.9 Å². The first-order valence-electron chi connectivity index (χ1n) is 11.2. The highest BCUT2D eigenvalue weighted by atomic mass is 79.9. The van der Waals surface area contributed by atoms with E-state index < -0.39 is 0 Å².